The summed E-state index contributed by atoms with van der Waals surface area (Å²) in [5.41, 5.74) is 3.60. The highest BCUT2D eigenvalue weighted by atomic mass is 16.5. The monoisotopic (exact) mass is 466 g/mol. The van der Waals surface area contributed by atoms with Gasteiger partial charge in [-0.2, -0.15) is 0 Å². The molecule has 1 aliphatic heterocycles. The number of likely N-dealkylation sites (tertiary alicyclic amines) is 1. The van der Waals surface area contributed by atoms with Crippen molar-refractivity contribution in [2.75, 3.05) is 13.7 Å². The molecule has 1 saturated heterocycles. The molecule has 0 N–H and O–H groups in total. The minimum absolute atomic E-state index is 0.120. The number of hydrogen-bond donors (Lipinski definition) is 0. The van der Waals surface area contributed by atoms with Gasteiger partial charge in [0.25, 0.3) is 5.91 Å². The first-order chi connectivity index (χ1) is 17.1. The number of amides is 1. The van der Waals surface area contributed by atoms with Gasteiger partial charge in [-0.15, -0.1) is 0 Å². The van der Waals surface area contributed by atoms with Gasteiger partial charge in [-0.3, -0.25) is 14.2 Å². The van der Waals surface area contributed by atoms with E-state index in [1.165, 1.54) is 0 Å². The van der Waals surface area contributed by atoms with Crippen LogP contribution in [0.5, 0.6) is 17.2 Å². The molecule has 7 heteroatoms. The van der Waals surface area contributed by atoms with Crippen LogP contribution in [0.25, 0.3) is 16.8 Å². The van der Waals surface area contributed by atoms with Crippen molar-refractivity contribution in [3.63, 3.8) is 0 Å². The normalized spacial score (nSPS) is 15.1. The molecule has 1 fully saturated rings. The molecule has 3 heterocycles. The lowest BCUT2D eigenvalue weighted by Gasteiger charge is -2.21. The maximum Gasteiger partial charge on any atom is 0.299 e. The Morgan fingerprint density at radius 3 is 2.71 bits per heavy atom. The van der Waals surface area contributed by atoms with Gasteiger partial charge in [0, 0.05) is 30.1 Å². The second-order valence-corrected chi connectivity index (χ2v) is 8.39. The molecule has 0 radical (unpaired) electrons. The first-order valence-corrected chi connectivity index (χ1v) is 11.6. The maximum atomic E-state index is 12.6. The predicted octanol–water partition coefficient (Wildman–Crippen LogP) is 5.19. The Morgan fingerprint density at radius 2 is 1.94 bits per heavy atom. The van der Waals surface area contributed by atoms with Crippen LogP contribution in [0.4, 0.5) is 0 Å². The van der Waals surface area contributed by atoms with E-state index in [2.05, 4.69) is 16.8 Å². The van der Waals surface area contributed by atoms with E-state index in [0.717, 1.165) is 58.3 Å². The van der Waals surface area contributed by atoms with Gasteiger partial charge < -0.3 is 14.4 Å². The van der Waals surface area contributed by atoms with E-state index in [1.54, 1.807) is 20.2 Å². The molecule has 35 heavy (non-hydrogen) atoms. The third-order valence-corrected chi connectivity index (χ3v) is 6.33. The number of aromatic nitrogens is 3. The first-order valence-electron chi connectivity index (χ1n) is 11.6. The van der Waals surface area contributed by atoms with Crippen molar-refractivity contribution in [2.24, 2.45) is 0 Å². The quantitative estimate of drug-likeness (QED) is 0.379. The molecule has 0 saturated carbocycles. The molecule has 4 aromatic rings. The van der Waals surface area contributed by atoms with Gasteiger partial charge in [-0.25, -0.2) is 4.98 Å². The smallest absolute Gasteiger partial charge is 0.299 e. The maximum absolute atomic E-state index is 12.6. The third-order valence-electron chi connectivity index (χ3n) is 6.33. The highest BCUT2D eigenvalue weighted by molar-refractivity contribution is 5.94. The van der Waals surface area contributed by atoms with Crippen LogP contribution in [0.3, 0.4) is 0 Å². The second kappa shape index (κ2) is 9.51. The van der Waals surface area contributed by atoms with Crippen LogP contribution < -0.4 is 9.47 Å². The number of methoxy groups -OCH3 is 1. The van der Waals surface area contributed by atoms with E-state index >= 15 is 0 Å². The van der Waals surface area contributed by atoms with Gasteiger partial charge >= 0.3 is 0 Å². The Kier molecular flexibility index (Phi) is 6.11. The predicted molar refractivity (Wildman–Crippen MR) is 133 cm³/mol. The second-order valence-electron chi connectivity index (χ2n) is 8.39. The van der Waals surface area contributed by atoms with Crippen LogP contribution in [-0.2, 0) is 4.79 Å². The SMILES string of the molecule is CC#CC(=O)N1CCCC1c1nc(-c2ccc(Oc3cccc(OC)c3C)cc2)c2cnccn12. The number of benzene rings is 2. The number of hydrogen-bond acceptors (Lipinski definition) is 5. The van der Waals surface area contributed by atoms with E-state index in [1.807, 2.05) is 71.1 Å². The van der Waals surface area contributed by atoms with Crippen LogP contribution in [0.15, 0.2) is 61.1 Å². The van der Waals surface area contributed by atoms with E-state index < -0.39 is 0 Å². The number of nitrogens with zero attached hydrogens (tertiary/aromatic N) is 4. The van der Waals surface area contributed by atoms with Crippen LogP contribution in [0, 0.1) is 18.8 Å². The summed E-state index contributed by atoms with van der Waals surface area (Å²) in [6.45, 7) is 4.33. The Bertz CT molecular complexity index is 1450. The zero-order chi connectivity index (χ0) is 24.4. The molecule has 176 valence electrons. The van der Waals surface area contributed by atoms with Gasteiger partial charge in [-0.05, 0) is 69.0 Å². The van der Waals surface area contributed by atoms with Crippen LogP contribution in [-0.4, -0.2) is 38.8 Å². The average Bonchev–Trinajstić information content (AvgIpc) is 3.51. The van der Waals surface area contributed by atoms with Gasteiger partial charge in [0.15, 0.2) is 0 Å². The van der Waals surface area contributed by atoms with E-state index in [-0.39, 0.29) is 11.9 Å². The summed E-state index contributed by atoms with van der Waals surface area (Å²) >= 11 is 0. The van der Waals surface area contributed by atoms with Crippen molar-refractivity contribution in [3.8, 4) is 40.3 Å². The van der Waals surface area contributed by atoms with Gasteiger partial charge in [0.1, 0.15) is 23.1 Å². The number of carbonyl (C=O) groups excluding carboxylic acids is 1. The zero-order valence-electron chi connectivity index (χ0n) is 20.0. The van der Waals surface area contributed by atoms with E-state index in [0.29, 0.717) is 6.54 Å². The average molecular weight is 467 g/mol. The van der Waals surface area contributed by atoms with Gasteiger partial charge in [-0.1, -0.05) is 12.0 Å². The number of fused-ring (bicyclic) bond motifs is 1. The number of imidazole rings is 1. The molecule has 1 unspecified atom stereocenters. The van der Waals surface area contributed by atoms with Crippen molar-refractivity contribution in [3.05, 3.63) is 72.4 Å². The molecular weight excluding hydrogens is 440 g/mol. The fourth-order valence-electron chi connectivity index (χ4n) is 4.60. The molecule has 7 nitrogen and oxygen atoms in total. The third kappa shape index (κ3) is 4.19. The number of carbonyl (C=O) groups is 1. The molecule has 0 spiro atoms. The first kappa shape index (κ1) is 22.5. The van der Waals surface area contributed by atoms with Crippen LogP contribution in [0.2, 0.25) is 0 Å². The van der Waals surface area contributed by atoms with Crippen LogP contribution in [0.1, 0.15) is 37.2 Å². The topological polar surface area (TPSA) is 69.0 Å². The van der Waals surface area contributed by atoms with Crippen molar-refractivity contribution in [1.82, 2.24) is 19.3 Å². The largest absolute Gasteiger partial charge is 0.496 e. The van der Waals surface area contributed by atoms with Gasteiger partial charge in [0.2, 0.25) is 0 Å². The van der Waals surface area contributed by atoms with Gasteiger partial charge in [0.05, 0.1) is 30.6 Å². The van der Waals surface area contributed by atoms with Crippen molar-refractivity contribution >= 4 is 11.4 Å². The van der Waals surface area contributed by atoms with E-state index in [4.69, 9.17) is 14.5 Å². The molecule has 5 rings (SSSR count). The summed E-state index contributed by atoms with van der Waals surface area (Å²) in [4.78, 5) is 23.7. The Labute approximate surface area is 204 Å². The summed E-state index contributed by atoms with van der Waals surface area (Å²) in [5.74, 6) is 8.32. The molecule has 1 atom stereocenters. The number of ether oxygens (including phenoxy) is 2. The van der Waals surface area contributed by atoms with Crippen LogP contribution >= 0.6 is 0 Å². The molecule has 1 aliphatic rings. The summed E-state index contributed by atoms with van der Waals surface area (Å²) in [6.07, 6.45) is 7.22. The highest BCUT2D eigenvalue weighted by Crippen LogP contribution is 2.36. The summed E-state index contributed by atoms with van der Waals surface area (Å²) < 4.78 is 13.5. The molecule has 0 aliphatic carbocycles. The Balaban J connectivity index is 1.48. The van der Waals surface area contributed by atoms with Crippen molar-refractivity contribution in [2.45, 2.75) is 32.7 Å². The molecule has 1 amide bonds. The molecule has 0 bridgehead atoms. The van der Waals surface area contributed by atoms with Crippen molar-refractivity contribution < 1.29 is 14.3 Å². The lowest BCUT2D eigenvalue weighted by Crippen LogP contribution is -2.30. The Hall–Kier alpha value is -4.31. The summed E-state index contributed by atoms with van der Waals surface area (Å²) in [5, 5.41) is 0. The summed E-state index contributed by atoms with van der Waals surface area (Å²) in [6, 6.07) is 13.5. The fourth-order valence-corrected chi connectivity index (χ4v) is 4.60. The fraction of sp³-hybridized carbons (Fsp3) is 0.250. The zero-order valence-corrected chi connectivity index (χ0v) is 20.0. The molecular formula is C28H26N4O3. The van der Waals surface area contributed by atoms with E-state index in [9.17, 15) is 4.79 Å². The highest BCUT2D eigenvalue weighted by Gasteiger charge is 2.33. The minimum atomic E-state index is -0.156. The number of rotatable bonds is 5. The lowest BCUT2D eigenvalue weighted by molar-refractivity contribution is -0.126. The Morgan fingerprint density at radius 1 is 1.14 bits per heavy atom. The standard InChI is InChI=1S/C28H26N4O3/c1-4-7-26(33)31-16-6-8-22(31)28-30-27(23-18-29-15-17-32(23)28)20-11-13-21(14-12-20)35-25-10-5-9-24(34-3)19(25)2/h5,9-15,17-18,22H,6,8,16H2,1-3H3. The minimum Gasteiger partial charge on any atom is -0.496 e. The summed E-state index contributed by atoms with van der Waals surface area (Å²) in [7, 11) is 1.65. The van der Waals surface area contributed by atoms with Crippen molar-refractivity contribution in [1.29, 1.82) is 0 Å². The molecule has 2 aromatic heterocycles. The molecule has 2 aromatic carbocycles. The lowest BCUT2D eigenvalue weighted by atomic mass is 10.1.